The number of anilines is 1. The number of nitrogens with two attached hydrogens (primary N) is 1. The molecule has 2 heterocycles. The van der Waals surface area contributed by atoms with E-state index in [-0.39, 0.29) is 17.9 Å². The molecule has 7 nitrogen and oxygen atoms in total. The molecule has 2 aromatic carbocycles. The lowest BCUT2D eigenvalue weighted by molar-refractivity contribution is -0.132. The Hall–Kier alpha value is -3.16. The molecule has 2 amide bonds. The summed E-state index contributed by atoms with van der Waals surface area (Å²) in [6.45, 7) is 7.21. The number of para-hydroxylation sites is 1. The Bertz CT molecular complexity index is 1230. The molecular weight excluding hydrogens is 476 g/mol. The van der Waals surface area contributed by atoms with Gasteiger partial charge in [-0.25, -0.2) is 0 Å². The third-order valence-corrected chi connectivity index (χ3v) is 7.66. The highest BCUT2D eigenvalue weighted by Crippen LogP contribution is 2.36. The Kier molecular flexibility index (Phi) is 9.58. The maximum absolute atomic E-state index is 13.3. The summed E-state index contributed by atoms with van der Waals surface area (Å²) in [4.78, 5) is 26.9. The molecule has 1 unspecified atom stereocenters. The number of fused-ring (bicyclic) bond motifs is 1. The Morgan fingerprint density at radius 1 is 1.16 bits per heavy atom. The molecule has 0 bridgehead atoms. The van der Waals surface area contributed by atoms with Gasteiger partial charge in [0.2, 0.25) is 11.8 Å². The summed E-state index contributed by atoms with van der Waals surface area (Å²) in [7, 11) is 1.75. The smallest absolute Gasteiger partial charge is 0.224 e. The van der Waals surface area contributed by atoms with Gasteiger partial charge in [0.05, 0.1) is 0 Å². The molecule has 4 rings (SSSR count). The van der Waals surface area contributed by atoms with Gasteiger partial charge in [-0.05, 0) is 61.9 Å². The number of benzene rings is 2. The highest BCUT2D eigenvalue weighted by atomic mass is 16.5. The number of amides is 2. The van der Waals surface area contributed by atoms with E-state index in [1.807, 2.05) is 36.1 Å². The van der Waals surface area contributed by atoms with E-state index >= 15 is 0 Å². The van der Waals surface area contributed by atoms with Gasteiger partial charge in [0.1, 0.15) is 0 Å². The van der Waals surface area contributed by atoms with Gasteiger partial charge in [-0.2, -0.15) is 0 Å². The van der Waals surface area contributed by atoms with Crippen LogP contribution in [0.1, 0.15) is 61.8 Å². The minimum atomic E-state index is -0.249. The molecule has 2 atom stereocenters. The van der Waals surface area contributed by atoms with E-state index < -0.39 is 0 Å². The van der Waals surface area contributed by atoms with Crippen LogP contribution in [0.15, 0.2) is 48.5 Å². The summed E-state index contributed by atoms with van der Waals surface area (Å²) < 4.78 is 7.79. The van der Waals surface area contributed by atoms with Crippen molar-refractivity contribution in [3.05, 3.63) is 65.4 Å². The first kappa shape index (κ1) is 27.9. The number of hydrogen-bond acceptors (Lipinski definition) is 4. The van der Waals surface area contributed by atoms with E-state index in [1.54, 1.807) is 7.11 Å². The Labute approximate surface area is 226 Å². The van der Waals surface area contributed by atoms with Crippen molar-refractivity contribution in [2.24, 2.45) is 5.73 Å². The molecule has 3 N–H and O–H groups in total. The van der Waals surface area contributed by atoms with Crippen LogP contribution in [0.2, 0.25) is 0 Å². The minimum absolute atomic E-state index is 0.00887. The lowest BCUT2D eigenvalue weighted by Crippen LogP contribution is -2.42. The van der Waals surface area contributed by atoms with Gasteiger partial charge in [-0.15, -0.1) is 0 Å². The molecule has 1 aromatic heterocycles. The molecule has 1 fully saturated rings. The first-order chi connectivity index (χ1) is 18.4. The van der Waals surface area contributed by atoms with Gasteiger partial charge in [0.15, 0.2) is 0 Å². The number of piperidine rings is 1. The molecule has 1 aliphatic rings. The van der Waals surface area contributed by atoms with Crippen LogP contribution in [-0.2, 0) is 27.3 Å². The van der Waals surface area contributed by atoms with Crippen LogP contribution in [0, 0.1) is 6.92 Å². The molecule has 3 aromatic rings. The molecule has 1 saturated heterocycles. The van der Waals surface area contributed by atoms with E-state index in [9.17, 15) is 9.59 Å². The van der Waals surface area contributed by atoms with Crippen molar-refractivity contribution in [3.63, 3.8) is 0 Å². The van der Waals surface area contributed by atoms with Gasteiger partial charge < -0.3 is 25.3 Å². The lowest BCUT2D eigenvalue weighted by atomic mass is 9.91. The summed E-state index contributed by atoms with van der Waals surface area (Å²) in [5, 5.41) is 4.15. The van der Waals surface area contributed by atoms with Crippen molar-refractivity contribution >= 4 is 28.4 Å². The Balaban J connectivity index is 1.41. The lowest BCUT2D eigenvalue weighted by Gasteiger charge is -2.34. The van der Waals surface area contributed by atoms with Gasteiger partial charge in [0, 0.05) is 80.4 Å². The number of likely N-dealkylation sites (tertiary alicyclic amines) is 1. The summed E-state index contributed by atoms with van der Waals surface area (Å²) in [6.07, 6.45) is 4.43. The second-order valence-electron chi connectivity index (χ2n) is 10.5. The zero-order chi connectivity index (χ0) is 27.1. The molecule has 0 radical (unpaired) electrons. The largest absolute Gasteiger partial charge is 0.385 e. The number of aryl methyl sites for hydroxylation is 2. The van der Waals surface area contributed by atoms with Crippen molar-refractivity contribution in [3.8, 4) is 0 Å². The summed E-state index contributed by atoms with van der Waals surface area (Å²) in [5.41, 5.74) is 12.2. The van der Waals surface area contributed by atoms with Crippen molar-refractivity contribution in [2.45, 2.75) is 70.9 Å². The number of ether oxygens (including phenoxy) is 1. The summed E-state index contributed by atoms with van der Waals surface area (Å²) in [6, 6.07) is 16.1. The third-order valence-electron chi connectivity index (χ3n) is 7.66. The van der Waals surface area contributed by atoms with Crippen LogP contribution >= 0.6 is 0 Å². The van der Waals surface area contributed by atoms with E-state index in [0.29, 0.717) is 25.2 Å². The van der Waals surface area contributed by atoms with Crippen LogP contribution < -0.4 is 11.1 Å². The number of carbonyl (C=O) groups is 2. The van der Waals surface area contributed by atoms with E-state index in [1.165, 1.54) is 22.2 Å². The predicted molar refractivity (Wildman–Crippen MR) is 153 cm³/mol. The highest BCUT2D eigenvalue weighted by Gasteiger charge is 2.29. The fourth-order valence-corrected chi connectivity index (χ4v) is 5.76. The second kappa shape index (κ2) is 13.1. The molecule has 7 heteroatoms. The maximum atomic E-state index is 13.3. The van der Waals surface area contributed by atoms with E-state index in [0.717, 1.165) is 56.8 Å². The molecule has 1 aliphatic heterocycles. The molecule has 0 aliphatic carbocycles. The average molecular weight is 519 g/mol. The monoisotopic (exact) mass is 518 g/mol. The maximum Gasteiger partial charge on any atom is 0.224 e. The summed E-state index contributed by atoms with van der Waals surface area (Å²) >= 11 is 0. The quantitative estimate of drug-likeness (QED) is 0.350. The van der Waals surface area contributed by atoms with Crippen LogP contribution in [0.5, 0.6) is 0 Å². The second-order valence-corrected chi connectivity index (χ2v) is 10.5. The number of aromatic nitrogens is 1. The van der Waals surface area contributed by atoms with Gasteiger partial charge in [0.25, 0.3) is 0 Å². The van der Waals surface area contributed by atoms with Crippen molar-refractivity contribution < 1.29 is 14.3 Å². The van der Waals surface area contributed by atoms with Crippen LogP contribution in [0.25, 0.3) is 10.9 Å². The number of rotatable bonds is 11. The average Bonchev–Trinajstić information content (AvgIpc) is 3.21. The molecule has 0 spiro atoms. The zero-order valence-electron chi connectivity index (χ0n) is 23.0. The fourth-order valence-electron chi connectivity index (χ4n) is 5.76. The first-order valence-electron chi connectivity index (χ1n) is 13.9. The fraction of sp³-hybridized carbons (Fsp3) is 0.484. The Morgan fingerprint density at radius 3 is 2.66 bits per heavy atom. The van der Waals surface area contributed by atoms with Gasteiger partial charge in [-0.3, -0.25) is 9.59 Å². The van der Waals surface area contributed by atoms with Crippen LogP contribution in [-0.4, -0.2) is 54.1 Å². The van der Waals surface area contributed by atoms with Gasteiger partial charge in [-0.1, -0.05) is 37.3 Å². The number of carbonyl (C=O) groups excluding carboxylic acids is 2. The minimum Gasteiger partial charge on any atom is -0.385 e. The molecule has 204 valence electrons. The third kappa shape index (κ3) is 6.63. The summed E-state index contributed by atoms with van der Waals surface area (Å²) in [5.74, 6) is 0.434. The number of nitrogens with zero attached hydrogens (tertiary/aromatic N) is 2. The Morgan fingerprint density at radius 2 is 1.92 bits per heavy atom. The molecular formula is C31H42N4O3. The SMILES string of the molecule is CCC(=O)Nc1ccc(C[C@@H](N)CC(=O)N2CCCC(c3c(C)c4ccccc4n3CCCOC)C2)cc1. The first-order valence-corrected chi connectivity index (χ1v) is 13.9. The molecule has 0 saturated carbocycles. The van der Waals surface area contributed by atoms with Gasteiger partial charge >= 0.3 is 0 Å². The number of hydrogen-bond donors (Lipinski definition) is 2. The predicted octanol–water partition coefficient (Wildman–Crippen LogP) is 5.00. The van der Waals surface area contributed by atoms with Crippen molar-refractivity contribution in [1.82, 2.24) is 9.47 Å². The van der Waals surface area contributed by atoms with Crippen molar-refractivity contribution in [2.75, 3.05) is 32.1 Å². The number of methoxy groups -OCH3 is 1. The van der Waals surface area contributed by atoms with E-state index in [2.05, 4.69) is 41.1 Å². The van der Waals surface area contributed by atoms with Crippen LogP contribution in [0.4, 0.5) is 5.69 Å². The zero-order valence-corrected chi connectivity index (χ0v) is 23.0. The number of nitrogens with one attached hydrogen (secondary N) is 1. The standard InChI is InChI=1S/C31H42N4O3/c1-4-29(36)33-26-14-12-23(13-15-26)19-25(32)20-30(37)34-16-7-9-24(21-34)31-22(2)27-10-5-6-11-28(27)35(31)17-8-18-38-3/h5-6,10-15,24-25H,4,7-9,16-21,32H2,1-3H3,(H,33,36)/t24?,25-/m1/s1. The van der Waals surface area contributed by atoms with E-state index in [4.69, 9.17) is 10.5 Å². The van der Waals surface area contributed by atoms with Crippen molar-refractivity contribution in [1.29, 1.82) is 0 Å². The normalized spacial score (nSPS) is 16.5. The molecule has 38 heavy (non-hydrogen) atoms. The van der Waals surface area contributed by atoms with Crippen LogP contribution in [0.3, 0.4) is 0 Å². The highest BCUT2D eigenvalue weighted by molar-refractivity contribution is 5.90. The topological polar surface area (TPSA) is 89.6 Å².